The predicted molar refractivity (Wildman–Crippen MR) is 67.0 cm³/mol. The van der Waals surface area contributed by atoms with Gasteiger partial charge in [-0.25, -0.2) is 0 Å². The van der Waals surface area contributed by atoms with Crippen molar-refractivity contribution in [2.75, 3.05) is 24.7 Å². The minimum atomic E-state index is 0.733. The van der Waals surface area contributed by atoms with Crippen molar-refractivity contribution < 1.29 is 0 Å². The van der Waals surface area contributed by atoms with E-state index >= 15 is 0 Å². The second-order valence-corrected chi connectivity index (χ2v) is 4.35. The lowest BCUT2D eigenvalue weighted by Gasteiger charge is -2.18. The van der Waals surface area contributed by atoms with Crippen molar-refractivity contribution in [1.82, 2.24) is 10.3 Å². The van der Waals surface area contributed by atoms with E-state index < -0.39 is 0 Å². The first-order chi connectivity index (χ1) is 7.84. The Labute approximate surface area is 99.0 Å². The molecule has 0 amide bonds. The SMILES string of the molecule is Clc1ccc2c(N3CCNC3)ccnc2c1. The third-order valence-electron chi connectivity index (χ3n) is 2.88. The summed E-state index contributed by atoms with van der Waals surface area (Å²) >= 11 is 5.96. The molecule has 1 fully saturated rings. The molecule has 16 heavy (non-hydrogen) atoms. The zero-order chi connectivity index (χ0) is 11.0. The van der Waals surface area contributed by atoms with Gasteiger partial charge in [-0.05, 0) is 24.3 Å². The van der Waals surface area contributed by atoms with E-state index in [2.05, 4.69) is 21.3 Å². The number of anilines is 1. The fourth-order valence-electron chi connectivity index (χ4n) is 2.09. The number of benzene rings is 1. The molecular formula is C12H12ClN3. The Morgan fingerprint density at radius 1 is 1.31 bits per heavy atom. The van der Waals surface area contributed by atoms with Crippen LogP contribution < -0.4 is 10.2 Å². The number of fused-ring (bicyclic) bond motifs is 1. The van der Waals surface area contributed by atoms with E-state index in [0.29, 0.717) is 0 Å². The Kier molecular flexibility index (Phi) is 2.42. The summed E-state index contributed by atoms with van der Waals surface area (Å²) in [6.07, 6.45) is 1.84. The highest BCUT2D eigenvalue weighted by Crippen LogP contribution is 2.27. The smallest absolute Gasteiger partial charge is 0.0737 e. The van der Waals surface area contributed by atoms with Crippen molar-refractivity contribution in [3.63, 3.8) is 0 Å². The lowest BCUT2D eigenvalue weighted by molar-refractivity contribution is 0.856. The van der Waals surface area contributed by atoms with Gasteiger partial charge in [-0.3, -0.25) is 10.3 Å². The standard InChI is InChI=1S/C12H12ClN3/c13-9-1-2-10-11(7-9)15-4-3-12(10)16-6-5-14-8-16/h1-4,7,14H,5-6,8H2. The van der Waals surface area contributed by atoms with Crippen molar-refractivity contribution in [3.8, 4) is 0 Å². The topological polar surface area (TPSA) is 28.2 Å². The normalized spacial score (nSPS) is 15.9. The molecule has 1 aromatic carbocycles. The van der Waals surface area contributed by atoms with Gasteiger partial charge in [0.25, 0.3) is 0 Å². The lowest BCUT2D eigenvalue weighted by atomic mass is 10.2. The van der Waals surface area contributed by atoms with Crippen molar-refractivity contribution in [2.45, 2.75) is 0 Å². The summed E-state index contributed by atoms with van der Waals surface area (Å²) in [6.45, 7) is 2.99. The minimum Gasteiger partial charge on any atom is -0.357 e. The van der Waals surface area contributed by atoms with Crippen molar-refractivity contribution in [1.29, 1.82) is 0 Å². The minimum absolute atomic E-state index is 0.733. The van der Waals surface area contributed by atoms with Gasteiger partial charge < -0.3 is 4.90 Å². The number of halogens is 1. The highest BCUT2D eigenvalue weighted by molar-refractivity contribution is 6.31. The van der Waals surface area contributed by atoms with Crippen LogP contribution in [-0.2, 0) is 0 Å². The van der Waals surface area contributed by atoms with E-state index in [4.69, 9.17) is 11.6 Å². The monoisotopic (exact) mass is 233 g/mol. The number of pyridine rings is 1. The van der Waals surface area contributed by atoms with Crippen molar-refractivity contribution in [2.24, 2.45) is 0 Å². The van der Waals surface area contributed by atoms with Gasteiger partial charge in [-0.2, -0.15) is 0 Å². The molecule has 2 aromatic rings. The molecule has 1 aromatic heterocycles. The second-order valence-electron chi connectivity index (χ2n) is 3.91. The zero-order valence-corrected chi connectivity index (χ0v) is 9.54. The molecule has 0 aliphatic carbocycles. The number of aromatic nitrogens is 1. The van der Waals surface area contributed by atoms with E-state index in [1.807, 2.05) is 24.4 Å². The van der Waals surface area contributed by atoms with E-state index in [1.165, 1.54) is 5.69 Å². The fraction of sp³-hybridized carbons (Fsp3) is 0.250. The molecule has 82 valence electrons. The molecule has 4 heteroatoms. The molecule has 0 unspecified atom stereocenters. The summed E-state index contributed by atoms with van der Waals surface area (Å²) in [7, 11) is 0. The fourth-order valence-corrected chi connectivity index (χ4v) is 2.26. The van der Waals surface area contributed by atoms with Crippen LogP contribution in [0.25, 0.3) is 10.9 Å². The molecule has 0 radical (unpaired) electrons. The quantitative estimate of drug-likeness (QED) is 0.819. The summed E-state index contributed by atoms with van der Waals surface area (Å²) in [5, 5.41) is 5.22. The van der Waals surface area contributed by atoms with Crippen LogP contribution in [0.3, 0.4) is 0 Å². The molecular weight excluding hydrogens is 222 g/mol. The zero-order valence-electron chi connectivity index (χ0n) is 8.78. The molecule has 2 heterocycles. The summed E-state index contributed by atoms with van der Waals surface area (Å²) < 4.78 is 0. The first kappa shape index (κ1) is 9.87. The Bertz CT molecular complexity index is 521. The van der Waals surface area contributed by atoms with Crippen LogP contribution in [0.5, 0.6) is 0 Å². The van der Waals surface area contributed by atoms with Crippen LogP contribution in [0.2, 0.25) is 5.02 Å². The maximum Gasteiger partial charge on any atom is 0.0737 e. The van der Waals surface area contributed by atoms with Crippen LogP contribution in [0.15, 0.2) is 30.5 Å². The summed E-state index contributed by atoms with van der Waals surface area (Å²) in [6, 6.07) is 7.92. The van der Waals surface area contributed by atoms with E-state index in [9.17, 15) is 0 Å². The number of nitrogens with one attached hydrogen (secondary N) is 1. The molecule has 0 saturated carbocycles. The van der Waals surface area contributed by atoms with Gasteiger partial charge in [0.2, 0.25) is 0 Å². The van der Waals surface area contributed by atoms with Crippen LogP contribution in [0.1, 0.15) is 0 Å². The molecule has 1 N–H and O–H groups in total. The van der Waals surface area contributed by atoms with E-state index in [-0.39, 0.29) is 0 Å². The van der Waals surface area contributed by atoms with Gasteiger partial charge in [-0.1, -0.05) is 11.6 Å². The molecule has 0 spiro atoms. The van der Waals surface area contributed by atoms with Crippen LogP contribution in [-0.4, -0.2) is 24.7 Å². The molecule has 1 aliphatic rings. The van der Waals surface area contributed by atoms with Crippen molar-refractivity contribution in [3.05, 3.63) is 35.5 Å². The highest BCUT2D eigenvalue weighted by Gasteiger charge is 2.14. The highest BCUT2D eigenvalue weighted by atomic mass is 35.5. The molecule has 3 nitrogen and oxygen atoms in total. The molecule has 1 aliphatic heterocycles. The molecule has 0 atom stereocenters. The van der Waals surface area contributed by atoms with Crippen LogP contribution >= 0.6 is 11.6 Å². The van der Waals surface area contributed by atoms with Gasteiger partial charge in [-0.15, -0.1) is 0 Å². The summed E-state index contributed by atoms with van der Waals surface area (Å²) in [5.41, 5.74) is 2.18. The first-order valence-electron chi connectivity index (χ1n) is 5.34. The average molecular weight is 234 g/mol. The Balaban J connectivity index is 2.16. The summed E-state index contributed by atoms with van der Waals surface area (Å²) in [5.74, 6) is 0. The maximum absolute atomic E-state index is 5.96. The third kappa shape index (κ3) is 1.62. The van der Waals surface area contributed by atoms with Crippen molar-refractivity contribution >= 4 is 28.2 Å². The third-order valence-corrected chi connectivity index (χ3v) is 3.12. The van der Waals surface area contributed by atoms with E-state index in [0.717, 1.165) is 35.7 Å². The van der Waals surface area contributed by atoms with Gasteiger partial charge in [0.15, 0.2) is 0 Å². The second kappa shape index (κ2) is 3.92. The average Bonchev–Trinajstić information content (AvgIpc) is 2.81. The van der Waals surface area contributed by atoms with E-state index in [1.54, 1.807) is 0 Å². The number of hydrogen-bond acceptors (Lipinski definition) is 3. The number of nitrogens with zero attached hydrogens (tertiary/aromatic N) is 2. The Morgan fingerprint density at radius 3 is 3.06 bits per heavy atom. The number of hydrogen-bond donors (Lipinski definition) is 1. The largest absolute Gasteiger partial charge is 0.357 e. The van der Waals surface area contributed by atoms with Crippen LogP contribution in [0, 0.1) is 0 Å². The molecule has 3 rings (SSSR count). The molecule has 0 bridgehead atoms. The molecule has 1 saturated heterocycles. The van der Waals surface area contributed by atoms with Gasteiger partial charge in [0.1, 0.15) is 0 Å². The predicted octanol–water partition coefficient (Wildman–Crippen LogP) is 2.26. The Morgan fingerprint density at radius 2 is 2.25 bits per heavy atom. The van der Waals surface area contributed by atoms with Gasteiger partial charge in [0, 0.05) is 35.4 Å². The van der Waals surface area contributed by atoms with Gasteiger partial charge >= 0.3 is 0 Å². The number of rotatable bonds is 1. The maximum atomic E-state index is 5.96. The lowest BCUT2D eigenvalue weighted by Crippen LogP contribution is -2.21. The summed E-state index contributed by atoms with van der Waals surface area (Å²) in [4.78, 5) is 6.66. The first-order valence-corrected chi connectivity index (χ1v) is 5.72. The van der Waals surface area contributed by atoms with Crippen LogP contribution in [0.4, 0.5) is 5.69 Å². The van der Waals surface area contributed by atoms with Gasteiger partial charge in [0.05, 0.1) is 12.2 Å². The Hall–Kier alpha value is -1.32.